The van der Waals surface area contributed by atoms with Crippen LogP contribution in [0.2, 0.25) is 0 Å². The van der Waals surface area contributed by atoms with E-state index in [0.717, 1.165) is 23.5 Å². The van der Waals surface area contributed by atoms with Gasteiger partial charge in [0.1, 0.15) is 5.82 Å². The standard InChI is InChI=1S/C29H29FN2S/c30-26-15-17-27(18-16-26)31-29-32(20-19-22-7-3-1-4-8-22)28(21-33-29)25-13-11-24(12-14-25)23-9-5-2-6-10-23/h1,3-4,7-8,11-18,21,23H,2,5-6,9-10,19-20H2. The van der Waals surface area contributed by atoms with Gasteiger partial charge in [0.15, 0.2) is 4.80 Å². The third-order valence-electron chi connectivity index (χ3n) is 6.60. The maximum Gasteiger partial charge on any atom is 0.190 e. The molecule has 0 N–H and O–H groups in total. The number of thiazole rings is 1. The smallest absolute Gasteiger partial charge is 0.190 e. The largest absolute Gasteiger partial charge is 0.316 e. The Balaban J connectivity index is 1.48. The molecule has 2 nitrogen and oxygen atoms in total. The number of rotatable bonds is 6. The van der Waals surface area contributed by atoms with Crippen molar-refractivity contribution in [1.82, 2.24) is 4.57 Å². The number of nitrogens with zero attached hydrogens (tertiary/aromatic N) is 2. The monoisotopic (exact) mass is 456 g/mol. The van der Waals surface area contributed by atoms with Gasteiger partial charge in [-0.05, 0) is 66.1 Å². The SMILES string of the molecule is Fc1ccc(N=c2scc(-c3ccc(C4CCCCC4)cc3)n2CCc2ccccc2)cc1. The Morgan fingerprint density at radius 3 is 2.30 bits per heavy atom. The molecule has 0 amide bonds. The van der Waals surface area contributed by atoms with E-state index < -0.39 is 0 Å². The third-order valence-corrected chi connectivity index (χ3v) is 7.46. The van der Waals surface area contributed by atoms with Crippen molar-refractivity contribution in [3.05, 3.63) is 106 Å². The van der Waals surface area contributed by atoms with Gasteiger partial charge in [0.25, 0.3) is 0 Å². The summed E-state index contributed by atoms with van der Waals surface area (Å²) >= 11 is 1.64. The van der Waals surface area contributed by atoms with Gasteiger partial charge in [-0.15, -0.1) is 11.3 Å². The molecular weight excluding hydrogens is 427 g/mol. The number of hydrogen-bond acceptors (Lipinski definition) is 2. The van der Waals surface area contributed by atoms with Crippen molar-refractivity contribution in [2.75, 3.05) is 0 Å². The fraction of sp³-hybridized carbons (Fsp3) is 0.276. The molecular formula is C29H29FN2S. The Morgan fingerprint density at radius 1 is 0.848 bits per heavy atom. The van der Waals surface area contributed by atoms with E-state index in [1.165, 1.54) is 66.6 Å². The lowest BCUT2D eigenvalue weighted by Crippen LogP contribution is -2.17. The summed E-state index contributed by atoms with van der Waals surface area (Å²) in [6.45, 7) is 0.841. The molecule has 0 spiro atoms. The summed E-state index contributed by atoms with van der Waals surface area (Å²) in [6.07, 6.45) is 7.65. The van der Waals surface area contributed by atoms with Gasteiger partial charge in [0, 0.05) is 11.9 Å². The van der Waals surface area contributed by atoms with Crippen molar-refractivity contribution in [2.24, 2.45) is 4.99 Å². The minimum absolute atomic E-state index is 0.240. The molecule has 3 aromatic carbocycles. The van der Waals surface area contributed by atoms with Crippen molar-refractivity contribution in [2.45, 2.75) is 51.0 Å². The maximum absolute atomic E-state index is 13.4. The van der Waals surface area contributed by atoms with Gasteiger partial charge in [0.2, 0.25) is 0 Å². The summed E-state index contributed by atoms with van der Waals surface area (Å²) in [4.78, 5) is 5.78. The van der Waals surface area contributed by atoms with E-state index in [4.69, 9.17) is 4.99 Å². The average molecular weight is 457 g/mol. The van der Waals surface area contributed by atoms with Crippen LogP contribution in [0.25, 0.3) is 11.3 Å². The zero-order chi connectivity index (χ0) is 22.5. The summed E-state index contributed by atoms with van der Waals surface area (Å²) in [5.74, 6) is 0.473. The lowest BCUT2D eigenvalue weighted by molar-refractivity contribution is 0.443. The molecule has 1 saturated carbocycles. The Labute approximate surface area is 199 Å². The molecule has 1 heterocycles. The average Bonchev–Trinajstić information content (AvgIpc) is 3.27. The minimum atomic E-state index is -0.240. The summed E-state index contributed by atoms with van der Waals surface area (Å²) in [7, 11) is 0. The first-order valence-electron chi connectivity index (χ1n) is 11.9. The number of benzene rings is 3. The van der Waals surface area contributed by atoms with Crippen LogP contribution in [0, 0.1) is 5.82 Å². The van der Waals surface area contributed by atoms with Gasteiger partial charge < -0.3 is 4.57 Å². The van der Waals surface area contributed by atoms with Gasteiger partial charge in [-0.1, -0.05) is 73.9 Å². The van der Waals surface area contributed by atoms with Crippen LogP contribution in [0.1, 0.15) is 49.1 Å². The van der Waals surface area contributed by atoms with Crippen LogP contribution in [0.3, 0.4) is 0 Å². The molecule has 0 radical (unpaired) electrons. The maximum atomic E-state index is 13.4. The van der Waals surface area contributed by atoms with Crippen molar-refractivity contribution in [3.8, 4) is 11.3 Å². The predicted octanol–water partition coefficient (Wildman–Crippen LogP) is 7.88. The Bertz CT molecular complexity index is 1230. The molecule has 1 aromatic heterocycles. The molecule has 1 fully saturated rings. The van der Waals surface area contributed by atoms with Crippen LogP contribution in [-0.4, -0.2) is 4.57 Å². The second-order valence-corrected chi connectivity index (χ2v) is 9.67. The quantitative estimate of drug-likeness (QED) is 0.281. The van der Waals surface area contributed by atoms with E-state index in [1.54, 1.807) is 23.5 Å². The first-order chi connectivity index (χ1) is 16.3. The van der Waals surface area contributed by atoms with E-state index in [2.05, 4.69) is 64.5 Å². The van der Waals surface area contributed by atoms with Crippen molar-refractivity contribution in [3.63, 3.8) is 0 Å². The number of hydrogen-bond donors (Lipinski definition) is 0. The Hall–Kier alpha value is -2.98. The van der Waals surface area contributed by atoms with E-state index in [1.807, 2.05) is 0 Å². The van der Waals surface area contributed by atoms with Crippen LogP contribution in [0.15, 0.2) is 89.2 Å². The van der Waals surface area contributed by atoms with Crippen LogP contribution in [0.4, 0.5) is 10.1 Å². The molecule has 4 heteroatoms. The highest BCUT2D eigenvalue weighted by Crippen LogP contribution is 2.33. The topological polar surface area (TPSA) is 17.3 Å². The number of aromatic nitrogens is 1. The van der Waals surface area contributed by atoms with E-state index in [9.17, 15) is 4.39 Å². The summed E-state index contributed by atoms with van der Waals surface area (Å²) in [5, 5.41) is 2.20. The molecule has 1 aliphatic rings. The van der Waals surface area contributed by atoms with Gasteiger partial charge in [-0.3, -0.25) is 0 Å². The highest BCUT2D eigenvalue weighted by Gasteiger charge is 2.16. The second-order valence-electron chi connectivity index (χ2n) is 8.84. The first-order valence-corrected chi connectivity index (χ1v) is 12.8. The second kappa shape index (κ2) is 10.3. The van der Waals surface area contributed by atoms with Gasteiger partial charge in [0.05, 0.1) is 11.4 Å². The molecule has 0 bridgehead atoms. The van der Waals surface area contributed by atoms with E-state index in [0.29, 0.717) is 5.92 Å². The summed E-state index contributed by atoms with van der Waals surface area (Å²) in [6, 6.07) is 26.1. The highest BCUT2D eigenvalue weighted by atomic mass is 32.1. The van der Waals surface area contributed by atoms with Crippen molar-refractivity contribution in [1.29, 1.82) is 0 Å². The third kappa shape index (κ3) is 5.33. The molecule has 0 atom stereocenters. The zero-order valence-electron chi connectivity index (χ0n) is 18.8. The first kappa shape index (κ1) is 21.8. The minimum Gasteiger partial charge on any atom is -0.316 e. The fourth-order valence-electron chi connectivity index (χ4n) is 4.74. The zero-order valence-corrected chi connectivity index (χ0v) is 19.6. The van der Waals surface area contributed by atoms with Crippen LogP contribution in [-0.2, 0) is 13.0 Å². The van der Waals surface area contributed by atoms with Crippen LogP contribution >= 0.6 is 11.3 Å². The van der Waals surface area contributed by atoms with E-state index >= 15 is 0 Å². The predicted molar refractivity (Wildman–Crippen MR) is 135 cm³/mol. The Morgan fingerprint density at radius 2 is 1.58 bits per heavy atom. The lowest BCUT2D eigenvalue weighted by Gasteiger charge is -2.22. The van der Waals surface area contributed by atoms with Gasteiger partial charge in [-0.25, -0.2) is 9.38 Å². The molecule has 0 saturated heterocycles. The normalized spacial score (nSPS) is 15.1. The van der Waals surface area contributed by atoms with Crippen molar-refractivity contribution >= 4 is 17.0 Å². The molecule has 33 heavy (non-hydrogen) atoms. The molecule has 0 unspecified atom stereocenters. The molecule has 4 aromatic rings. The Kier molecular flexibility index (Phi) is 6.82. The summed E-state index contributed by atoms with van der Waals surface area (Å²) < 4.78 is 15.7. The van der Waals surface area contributed by atoms with Crippen LogP contribution in [0.5, 0.6) is 0 Å². The molecule has 168 valence electrons. The number of aryl methyl sites for hydroxylation is 1. The van der Waals surface area contributed by atoms with Crippen LogP contribution < -0.4 is 4.80 Å². The van der Waals surface area contributed by atoms with E-state index in [-0.39, 0.29) is 5.82 Å². The molecule has 1 aliphatic carbocycles. The highest BCUT2D eigenvalue weighted by molar-refractivity contribution is 7.07. The fourth-order valence-corrected chi connectivity index (χ4v) is 5.69. The number of halogens is 1. The van der Waals surface area contributed by atoms with Crippen molar-refractivity contribution < 1.29 is 4.39 Å². The molecule has 0 aliphatic heterocycles. The lowest BCUT2D eigenvalue weighted by atomic mass is 9.84. The summed E-state index contributed by atoms with van der Waals surface area (Å²) in [5.41, 5.74) is 5.96. The van der Waals surface area contributed by atoms with Gasteiger partial charge >= 0.3 is 0 Å². The molecule has 5 rings (SSSR count). The van der Waals surface area contributed by atoms with Gasteiger partial charge in [-0.2, -0.15) is 0 Å².